The Balaban J connectivity index is 2.08. The number of hydrogen-bond acceptors (Lipinski definition) is 3. The van der Waals surface area contributed by atoms with E-state index in [0.717, 1.165) is 16.7 Å². The van der Waals surface area contributed by atoms with E-state index in [4.69, 9.17) is 0 Å². The minimum Gasteiger partial charge on any atom is -0.348 e. The molecule has 1 aromatic rings. The molecular formula is C9H10F4N2S. The summed E-state index contributed by atoms with van der Waals surface area (Å²) in [6.45, 7) is 0.620. The molecule has 1 atom stereocenters. The standard InChI is InChI=1S/C9H10F4N2S/c10-3-6-1-2-15(4-6)8-14-7(5-16-8)9(11,12)13/h5-6H,1-4H2. The Morgan fingerprint density at radius 2 is 2.25 bits per heavy atom. The molecule has 0 aromatic carbocycles. The highest BCUT2D eigenvalue weighted by Crippen LogP contribution is 2.34. The highest BCUT2D eigenvalue weighted by molar-refractivity contribution is 7.13. The second kappa shape index (κ2) is 4.20. The first-order valence-electron chi connectivity index (χ1n) is 4.84. The summed E-state index contributed by atoms with van der Waals surface area (Å²) in [6.07, 6.45) is -3.72. The van der Waals surface area contributed by atoms with E-state index in [0.29, 0.717) is 24.6 Å². The van der Waals surface area contributed by atoms with E-state index in [9.17, 15) is 17.6 Å². The van der Waals surface area contributed by atoms with Crippen LogP contribution in [0.4, 0.5) is 22.7 Å². The third-order valence-electron chi connectivity index (χ3n) is 2.56. The van der Waals surface area contributed by atoms with E-state index in [1.54, 1.807) is 4.90 Å². The molecule has 90 valence electrons. The lowest BCUT2D eigenvalue weighted by molar-refractivity contribution is -0.140. The molecule has 0 radical (unpaired) electrons. The first-order valence-corrected chi connectivity index (χ1v) is 5.72. The van der Waals surface area contributed by atoms with Crippen LogP contribution in [0.25, 0.3) is 0 Å². The summed E-state index contributed by atoms with van der Waals surface area (Å²) >= 11 is 0.959. The summed E-state index contributed by atoms with van der Waals surface area (Å²) < 4.78 is 49.2. The van der Waals surface area contributed by atoms with E-state index in [2.05, 4.69) is 4.98 Å². The van der Waals surface area contributed by atoms with Gasteiger partial charge in [0.2, 0.25) is 0 Å². The number of rotatable bonds is 2. The number of anilines is 1. The van der Waals surface area contributed by atoms with Gasteiger partial charge in [-0.15, -0.1) is 11.3 Å². The molecule has 0 N–H and O–H groups in total. The van der Waals surface area contributed by atoms with Crippen LogP contribution in [0.1, 0.15) is 12.1 Å². The van der Waals surface area contributed by atoms with Crippen LogP contribution in [-0.4, -0.2) is 24.7 Å². The predicted octanol–water partition coefficient (Wildman–Crippen LogP) is 2.96. The van der Waals surface area contributed by atoms with Gasteiger partial charge in [-0.3, -0.25) is 4.39 Å². The van der Waals surface area contributed by atoms with E-state index in [1.807, 2.05) is 0 Å². The molecule has 0 amide bonds. The second-order valence-corrected chi connectivity index (χ2v) is 4.60. The Hall–Kier alpha value is -0.850. The van der Waals surface area contributed by atoms with Crippen LogP contribution >= 0.6 is 11.3 Å². The molecule has 0 spiro atoms. The Labute approximate surface area is 93.9 Å². The van der Waals surface area contributed by atoms with Crippen LogP contribution in [0.3, 0.4) is 0 Å². The molecule has 16 heavy (non-hydrogen) atoms. The van der Waals surface area contributed by atoms with Gasteiger partial charge in [-0.05, 0) is 6.42 Å². The maximum Gasteiger partial charge on any atom is 0.434 e. The van der Waals surface area contributed by atoms with Crippen LogP contribution in [0, 0.1) is 5.92 Å². The molecule has 2 rings (SSSR count). The molecule has 1 fully saturated rings. The lowest BCUT2D eigenvalue weighted by Gasteiger charge is -2.13. The van der Waals surface area contributed by atoms with E-state index in [-0.39, 0.29) is 5.92 Å². The van der Waals surface area contributed by atoms with Crippen molar-refractivity contribution in [3.8, 4) is 0 Å². The quantitative estimate of drug-likeness (QED) is 0.754. The van der Waals surface area contributed by atoms with Crippen molar-refractivity contribution in [2.45, 2.75) is 12.6 Å². The van der Waals surface area contributed by atoms with Gasteiger partial charge in [0.1, 0.15) is 0 Å². The highest BCUT2D eigenvalue weighted by atomic mass is 32.1. The maximum absolute atomic E-state index is 12.4. The minimum atomic E-state index is -4.39. The molecular weight excluding hydrogens is 244 g/mol. The molecule has 0 aliphatic carbocycles. The molecule has 0 saturated carbocycles. The van der Waals surface area contributed by atoms with Crippen LogP contribution in [0.5, 0.6) is 0 Å². The van der Waals surface area contributed by atoms with Crippen LogP contribution < -0.4 is 4.90 Å². The van der Waals surface area contributed by atoms with Crippen molar-refractivity contribution in [2.75, 3.05) is 24.7 Å². The van der Waals surface area contributed by atoms with Gasteiger partial charge < -0.3 is 4.90 Å². The maximum atomic E-state index is 12.4. The Morgan fingerprint density at radius 1 is 1.50 bits per heavy atom. The number of halogens is 4. The third-order valence-corrected chi connectivity index (χ3v) is 3.46. The lowest BCUT2D eigenvalue weighted by atomic mass is 10.1. The van der Waals surface area contributed by atoms with Crippen LogP contribution in [0.15, 0.2) is 5.38 Å². The Kier molecular flexibility index (Phi) is 3.05. The van der Waals surface area contributed by atoms with Crippen molar-refractivity contribution in [2.24, 2.45) is 5.92 Å². The molecule has 1 aromatic heterocycles. The molecule has 7 heteroatoms. The zero-order chi connectivity index (χ0) is 11.8. The van der Waals surface area contributed by atoms with Gasteiger partial charge in [-0.25, -0.2) is 4.98 Å². The number of thiazole rings is 1. The van der Waals surface area contributed by atoms with Crippen molar-refractivity contribution in [3.63, 3.8) is 0 Å². The molecule has 2 nitrogen and oxygen atoms in total. The number of aromatic nitrogens is 1. The van der Waals surface area contributed by atoms with Gasteiger partial charge in [0, 0.05) is 24.4 Å². The Bertz CT molecular complexity index is 363. The summed E-state index contributed by atoms with van der Waals surface area (Å²) in [5, 5.41) is 1.33. The van der Waals surface area contributed by atoms with E-state index >= 15 is 0 Å². The molecule has 1 saturated heterocycles. The van der Waals surface area contributed by atoms with Crippen molar-refractivity contribution >= 4 is 16.5 Å². The zero-order valence-corrected chi connectivity index (χ0v) is 9.11. The van der Waals surface area contributed by atoms with Gasteiger partial charge in [0.25, 0.3) is 0 Å². The number of nitrogens with zero attached hydrogens (tertiary/aromatic N) is 2. The van der Waals surface area contributed by atoms with Gasteiger partial charge >= 0.3 is 6.18 Å². The number of hydrogen-bond donors (Lipinski definition) is 0. The normalized spacial score (nSPS) is 21.8. The largest absolute Gasteiger partial charge is 0.434 e. The van der Waals surface area contributed by atoms with E-state index < -0.39 is 18.5 Å². The number of alkyl halides is 4. The molecule has 1 unspecified atom stereocenters. The van der Waals surface area contributed by atoms with Crippen LogP contribution in [-0.2, 0) is 6.18 Å². The average molecular weight is 254 g/mol. The van der Waals surface area contributed by atoms with Crippen molar-refractivity contribution in [3.05, 3.63) is 11.1 Å². The molecule has 2 heterocycles. The third kappa shape index (κ3) is 2.28. The van der Waals surface area contributed by atoms with Gasteiger partial charge in [0.15, 0.2) is 10.8 Å². The van der Waals surface area contributed by atoms with Crippen molar-refractivity contribution in [1.29, 1.82) is 0 Å². The highest BCUT2D eigenvalue weighted by Gasteiger charge is 2.35. The predicted molar refractivity (Wildman–Crippen MR) is 53.4 cm³/mol. The summed E-state index contributed by atoms with van der Waals surface area (Å²) in [5.74, 6) is -0.0711. The van der Waals surface area contributed by atoms with Crippen molar-refractivity contribution in [1.82, 2.24) is 4.98 Å². The van der Waals surface area contributed by atoms with Gasteiger partial charge in [-0.1, -0.05) is 0 Å². The monoisotopic (exact) mass is 254 g/mol. The Morgan fingerprint density at radius 3 is 2.75 bits per heavy atom. The second-order valence-electron chi connectivity index (χ2n) is 3.77. The fourth-order valence-electron chi connectivity index (χ4n) is 1.67. The molecule has 1 aliphatic rings. The summed E-state index contributed by atoms with van der Waals surface area (Å²) in [5.41, 5.74) is -0.865. The van der Waals surface area contributed by atoms with Crippen LogP contribution in [0.2, 0.25) is 0 Å². The fourth-order valence-corrected chi connectivity index (χ4v) is 2.54. The van der Waals surface area contributed by atoms with Crippen molar-refractivity contribution < 1.29 is 17.6 Å². The molecule has 1 aliphatic heterocycles. The first kappa shape index (κ1) is 11.6. The topological polar surface area (TPSA) is 16.1 Å². The van der Waals surface area contributed by atoms with Gasteiger partial charge in [-0.2, -0.15) is 13.2 Å². The zero-order valence-electron chi connectivity index (χ0n) is 8.30. The van der Waals surface area contributed by atoms with Gasteiger partial charge in [0.05, 0.1) is 6.67 Å². The SMILES string of the molecule is FCC1CCN(c2nc(C(F)(F)F)cs2)C1. The smallest absolute Gasteiger partial charge is 0.348 e. The average Bonchev–Trinajstić information content (AvgIpc) is 2.85. The summed E-state index contributed by atoms with van der Waals surface area (Å²) in [7, 11) is 0. The lowest BCUT2D eigenvalue weighted by Crippen LogP contribution is -2.20. The summed E-state index contributed by atoms with van der Waals surface area (Å²) in [6, 6.07) is 0. The van der Waals surface area contributed by atoms with E-state index in [1.165, 1.54) is 0 Å². The first-order chi connectivity index (χ1) is 7.50. The molecule has 0 bridgehead atoms. The minimum absolute atomic E-state index is 0.0711. The fraction of sp³-hybridized carbons (Fsp3) is 0.667. The summed E-state index contributed by atoms with van der Waals surface area (Å²) in [4.78, 5) is 5.24.